The van der Waals surface area contributed by atoms with E-state index in [9.17, 15) is 31.6 Å². The van der Waals surface area contributed by atoms with Crippen LogP contribution in [0.5, 0.6) is 0 Å². The molecule has 0 fully saturated rings. The predicted octanol–water partition coefficient (Wildman–Crippen LogP) is 3.83. The molecule has 0 saturated carbocycles. The molecule has 0 heterocycles. The Kier molecular flexibility index (Phi) is 9.69. The maximum atomic E-state index is 13.8. The van der Waals surface area contributed by atoms with Crippen molar-refractivity contribution in [3.05, 3.63) is 68.7 Å². The molecule has 0 aromatic heterocycles. The topological polar surface area (TPSA) is 123 Å². The third-order valence-electron chi connectivity index (χ3n) is 4.76. The third-order valence-corrected chi connectivity index (χ3v) is 6.58. The molecule has 7 nitrogen and oxygen atoms in total. The Labute approximate surface area is 213 Å². The molecular formula is C22H19BrClF3N4O3S. The van der Waals surface area contributed by atoms with E-state index in [0.717, 1.165) is 6.26 Å². The number of amides is 1. The number of carbonyl (C=O) groups is 1. The highest BCUT2D eigenvalue weighted by Gasteiger charge is 2.43. The number of carbonyl (C=O) groups excluding carboxylic acids is 1. The second kappa shape index (κ2) is 11.9. The van der Waals surface area contributed by atoms with Crippen molar-refractivity contribution in [3.63, 3.8) is 0 Å². The van der Waals surface area contributed by atoms with E-state index in [-0.39, 0.29) is 22.6 Å². The number of halogens is 5. The number of nitrogens with zero attached hydrogens (tertiary/aromatic N) is 2. The molecule has 0 bridgehead atoms. The summed E-state index contributed by atoms with van der Waals surface area (Å²) in [5.74, 6) is -2.03. The largest absolute Gasteiger partial charge is 0.407 e. The van der Waals surface area contributed by atoms with Gasteiger partial charge in [-0.3, -0.25) is 10.1 Å². The van der Waals surface area contributed by atoms with Crippen molar-refractivity contribution >= 4 is 43.3 Å². The van der Waals surface area contributed by atoms with Gasteiger partial charge in [0.15, 0.2) is 0 Å². The monoisotopic (exact) mass is 590 g/mol. The molecule has 0 aliphatic heterocycles. The lowest BCUT2D eigenvalue weighted by molar-refractivity contribution is -0.160. The first-order valence-electron chi connectivity index (χ1n) is 9.88. The number of hydrogen-bond donors (Lipinski definition) is 2. The van der Waals surface area contributed by atoms with Gasteiger partial charge >= 0.3 is 6.18 Å². The summed E-state index contributed by atoms with van der Waals surface area (Å²) in [6.45, 7) is 0. The molecule has 1 amide bonds. The maximum absolute atomic E-state index is 13.8. The Balaban J connectivity index is 2.30. The van der Waals surface area contributed by atoms with Gasteiger partial charge in [0.1, 0.15) is 28.0 Å². The highest BCUT2D eigenvalue weighted by Crippen LogP contribution is 2.33. The Morgan fingerprint density at radius 1 is 1.17 bits per heavy atom. The van der Waals surface area contributed by atoms with Crippen molar-refractivity contribution in [2.75, 3.05) is 12.0 Å². The van der Waals surface area contributed by atoms with E-state index in [4.69, 9.17) is 16.9 Å². The van der Waals surface area contributed by atoms with E-state index in [1.54, 1.807) is 0 Å². The van der Waals surface area contributed by atoms with Crippen molar-refractivity contribution < 1.29 is 26.4 Å². The number of rotatable bonds is 9. The Morgan fingerprint density at radius 2 is 1.80 bits per heavy atom. The first kappa shape index (κ1) is 28.6. The minimum atomic E-state index is -4.85. The fourth-order valence-electron chi connectivity index (χ4n) is 3.14. The number of nitriles is 2. The van der Waals surface area contributed by atoms with Gasteiger partial charge in [0.2, 0.25) is 5.91 Å². The normalized spacial score (nSPS) is 14.3. The van der Waals surface area contributed by atoms with Gasteiger partial charge in [0.05, 0.1) is 23.5 Å². The lowest BCUT2D eigenvalue weighted by Gasteiger charge is -2.27. The molecule has 0 radical (unpaired) electrons. The summed E-state index contributed by atoms with van der Waals surface area (Å²) >= 11 is 9.23. The van der Waals surface area contributed by atoms with Crippen molar-refractivity contribution in [2.24, 2.45) is 0 Å². The Hall–Kier alpha value is -2.64. The number of hydrogen-bond acceptors (Lipinski definition) is 6. The van der Waals surface area contributed by atoms with Crippen LogP contribution in [0, 0.1) is 22.7 Å². The number of benzene rings is 2. The summed E-state index contributed by atoms with van der Waals surface area (Å²) in [6, 6.07) is 7.78. The van der Waals surface area contributed by atoms with E-state index >= 15 is 0 Å². The molecule has 35 heavy (non-hydrogen) atoms. The van der Waals surface area contributed by atoms with E-state index in [1.807, 2.05) is 12.1 Å². The van der Waals surface area contributed by atoms with Crippen LogP contribution in [0.25, 0.3) is 0 Å². The van der Waals surface area contributed by atoms with Crippen LogP contribution in [0.2, 0.25) is 5.02 Å². The zero-order chi connectivity index (χ0) is 26.4. The standard InChI is InChI=1S/C22H19BrClF3N4O3S/c1-35(33,34)12-19(31-20(22(25,26)27)14-4-6-16(23)7-5-14)21(32)30-17(11-29)9-15-3-2-13(10-28)8-18(15)24/h2-8,17,19-20,31H,9,12H2,1H3,(H,30,32)/t17?,19-,20-/m0/s1. The molecule has 0 spiro atoms. The quantitative estimate of drug-likeness (QED) is 0.457. The molecule has 13 heteroatoms. The molecule has 2 aromatic rings. The summed E-state index contributed by atoms with van der Waals surface area (Å²) in [7, 11) is -3.90. The second-order valence-corrected chi connectivity index (χ2v) is 11.2. The molecule has 2 aromatic carbocycles. The highest BCUT2D eigenvalue weighted by molar-refractivity contribution is 9.10. The van der Waals surface area contributed by atoms with Crippen molar-refractivity contribution in [3.8, 4) is 12.1 Å². The molecule has 1 unspecified atom stereocenters. The zero-order valence-electron chi connectivity index (χ0n) is 18.1. The van der Waals surface area contributed by atoms with Gasteiger partial charge in [-0.1, -0.05) is 45.7 Å². The molecule has 186 valence electrons. The van der Waals surface area contributed by atoms with Crippen LogP contribution in [-0.2, 0) is 21.1 Å². The lowest BCUT2D eigenvalue weighted by atomic mass is 10.0. The van der Waals surface area contributed by atoms with Gasteiger partial charge in [-0.25, -0.2) is 8.42 Å². The first-order valence-corrected chi connectivity index (χ1v) is 13.1. The van der Waals surface area contributed by atoms with Gasteiger partial charge in [-0.05, 0) is 35.4 Å². The minimum Gasteiger partial charge on any atom is -0.339 e. The average molecular weight is 592 g/mol. The van der Waals surface area contributed by atoms with Gasteiger partial charge < -0.3 is 5.32 Å². The summed E-state index contributed by atoms with van der Waals surface area (Å²) in [5.41, 5.74) is 0.459. The van der Waals surface area contributed by atoms with E-state index in [2.05, 4.69) is 26.6 Å². The smallest absolute Gasteiger partial charge is 0.339 e. The van der Waals surface area contributed by atoms with Crippen LogP contribution in [-0.4, -0.2) is 44.6 Å². The second-order valence-electron chi connectivity index (χ2n) is 7.65. The average Bonchev–Trinajstić information content (AvgIpc) is 2.76. The third kappa shape index (κ3) is 8.82. The van der Waals surface area contributed by atoms with Crippen LogP contribution in [0.3, 0.4) is 0 Å². The lowest BCUT2D eigenvalue weighted by Crippen LogP contribution is -2.54. The molecule has 2 rings (SSSR count). The number of nitrogens with one attached hydrogen (secondary N) is 2. The summed E-state index contributed by atoms with van der Waals surface area (Å²) in [4.78, 5) is 12.9. The van der Waals surface area contributed by atoms with Gasteiger partial charge in [0, 0.05) is 22.2 Å². The van der Waals surface area contributed by atoms with Crippen LogP contribution >= 0.6 is 27.5 Å². The summed E-state index contributed by atoms with van der Waals surface area (Å²) < 4.78 is 65.8. The first-order chi connectivity index (χ1) is 16.2. The van der Waals surface area contributed by atoms with E-state index < -0.39 is 45.8 Å². The van der Waals surface area contributed by atoms with Crippen LogP contribution in [0.1, 0.15) is 22.7 Å². The molecule has 3 atom stereocenters. The van der Waals surface area contributed by atoms with Gasteiger partial charge in [-0.15, -0.1) is 0 Å². The number of sulfone groups is 1. The van der Waals surface area contributed by atoms with Crippen molar-refractivity contribution in [1.29, 1.82) is 10.5 Å². The fourth-order valence-corrected chi connectivity index (χ4v) is 4.52. The SMILES string of the molecule is CS(=O)(=O)C[C@H](N[C@@H](c1ccc(Br)cc1)C(F)(F)F)C(=O)NC(C#N)Cc1ccc(C#N)cc1Cl. The summed E-state index contributed by atoms with van der Waals surface area (Å²) in [6.07, 6.45) is -4.18. The molecule has 0 saturated heterocycles. The van der Waals surface area contributed by atoms with E-state index in [0.29, 0.717) is 10.0 Å². The Bertz CT molecular complexity index is 1260. The van der Waals surface area contributed by atoms with Crippen LogP contribution < -0.4 is 10.6 Å². The fraction of sp³-hybridized carbons (Fsp3) is 0.318. The van der Waals surface area contributed by atoms with Gasteiger partial charge in [0.25, 0.3) is 0 Å². The molecular weight excluding hydrogens is 573 g/mol. The number of alkyl halides is 3. The van der Waals surface area contributed by atoms with Crippen molar-refractivity contribution in [2.45, 2.75) is 30.7 Å². The summed E-state index contributed by atoms with van der Waals surface area (Å²) in [5, 5.41) is 22.9. The van der Waals surface area contributed by atoms with Crippen LogP contribution in [0.15, 0.2) is 46.9 Å². The molecule has 0 aliphatic carbocycles. The Morgan fingerprint density at radius 3 is 2.29 bits per heavy atom. The molecule has 2 N–H and O–H groups in total. The van der Waals surface area contributed by atoms with E-state index in [1.165, 1.54) is 42.5 Å². The minimum absolute atomic E-state index is 0.117. The molecule has 0 aliphatic rings. The zero-order valence-corrected chi connectivity index (χ0v) is 21.3. The maximum Gasteiger partial charge on any atom is 0.407 e. The predicted molar refractivity (Wildman–Crippen MR) is 127 cm³/mol. The van der Waals surface area contributed by atoms with Gasteiger partial charge in [-0.2, -0.15) is 23.7 Å². The highest BCUT2D eigenvalue weighted by atomic mass is 79.9. The van der Waals surface area contributed by atoms with Crippen LogP contribution in [0.4, 0.5) is 13.2 Å². The van der Waals surface area contributed by atoms with Crippen molar-refractivity contribution in [1.82, 2.24) is 10.6 Å².